The Labute approximate surface area is 118 Å². The molecule has 2 amide bonds. The average molecular weight is 286 g/mol. The van der Waals surface area contributed by atoms with Crippen LogP contribution in [0.5, 0.6) is 0 Å². The number of esters is 2. The van der Waals surface area contributed by atoms with Gasteiger partial charge in [0.2, 0.25) is 0 Å². The normalized spacial score (nSPS) is 15.3. The number of carbonyl (C=O) groups is 3. The lowest BCUT2D eigenvalue weighted by Gasteiger charge is -2.27. The van der Waals surface area contributed by atoms with Gasteiger partial charge in [0, 0.05) is 6.04 Å². The fraction of sp³-hybridized carbons (Fsp3) is 0.769. The third kappa shape index (κ3) is 5.46. The van der Waals surface area contributed by atoms with E-state index in [2.05, 4.69) is 14.8 Å². The number of ether oxygens (including phenoxy) is 2. The lowest BCUT2D eigenvalue weighted by atomic mass is 9.96. The molecule has 1 fully saturated rings. The molecule has 1 aliphatic carbocycles. The number of hydrogen-bond donors (Lipinski definition) is 1. The number of hydrogen-bond acceptors (Lipinski definition) is 5. The molecule has 0 heterocycles. The lowest BCUT2D eigenvalue weighted by Crippen LogP contribution is -2.49. The smallest absolute Gasteiger partial charge is 0.325 e. The molecule has 114 valence electrons. The van der Waals surface area contributed by atoms with Crippen LogP contribution in [0.3, 0.4) is 0 Å². The van der Waals surface area contributed by atoms with Gasteiger partial charge in [-0.2, -0.15) is 0 Å². The summed E-state index contributed by atoms with van der Waals surface area (Å²) in [7, 11) is 2.47. The first-order chi connectivity index (χ1) is 9.56. The van der Waals surface area contributed by atoms with Crippen LogP contribution in [0.15, 0.2) is 0 Å². The molecule has 1 rings (SSSR count). The number of carbonyl (C=O) groups excluding carboxylic acids is 3. The third-order valence-corrected chi connectivity index (χ3v) is 3.32. The van der Waals surface area contributed by atoms with Gasteiger partial charge in [-0.3, -0.25) is 9.59 Å². The van der Waals surface area contributed by atoms with E-state index in [1.54, 1.807) is 0 Å². The minimum Gasteiger partial charge on any atom is -0.468 e. The number of rotatable bonds is 5. The van der Waals surface area contributed by atoms with E-state index < -0.39 is 18.0 Å². The number of nitrogens with one attached hydrogen (secondary N) is 1. The van der Waals surface area contributed by atoms with Crippen molar-refractivity contribution in [3.8, 4) is 0 Å². The lowest BCUT2D eigenvalue weighted by molar-refractivity contribution is -0.144. The first-order valence-corrected chi connectivity index (χ1v) is 6.76. The third-order valence-electron chi connectivity index (χ3n) is 3.32. The van der Waals surface area contributed by atoms with Crippen LogP contribution in [0.25, 0.3) is 0 Å². The highest BCUT2D eigenvalue weighted by Gasteiger charge is 2.24. The summed E-state index contributed by atoms with van der Waals surface area (Å²) >= 11 is 0. The maximum atomic E-state index is 12.1. The Morgan fingerprint density at radius 3 is 1.95 bits per heavy atom. The van der Waals surface area contributed by atoms with Gasteiger partial charge in [-0.05, 0) is 12.8 Å². The molecule has 1 saturated carbocycles. The van der Waals surface area contributed by atoms with Crippen molar-refractivity contribution in [1.29, 1.82) is 0 Å². The summed E-state index contributed by atoms with van der Waals surface area (Å²) in [4.78, 5) is 35.8. The Hall–Kier alpha value is -1.79. The van der Waals surface area contributed by atoms with Gasteiger partial charge in [0.25, 0.3) is 0 Å². The van der Waals surface area contributed by atoms with Crippen molar-refractivity contribution in [1.82, 2.24) is 10.2 Å². The van der Waals surface area contributed by atoms with E-state index in [1.165, 1.54) is 20.6 Å². The monoisotopic (exact) mass is 286 g/mol. The molecule has 0 aliphatic heterocycles. The molecule has 0 saturated heterocycles. The van der Waals surface area contributed by atoms with Gasteiger partial charge < -0.3 is 19.7 Å². The van der Waals surface area contributed by atoms with Crippen molar-refractivity contribution < 1.29 is 23.9 Å². The fourth-order valence-electron chi connectivity index (χ4n) is 2.15. The SMILES string of the molecule is COC(=O)CN(CC(=O)OC)C(=O)NC1CCCCC1. The molecule has 20 heavy (non-hydrogen) atoms. The fourth-order valence-corrected chi connectivity index (χ4v) is 2.15. The molecule has 0 bridgehead atoms. The molecule has 0 spiro atoms. The second-order valence-electron chi connectivity index (χ2n) is 4.79. The molecule has 7 nitrogen and oxygen atoms in total. The van der Waals surface area contributed by atoms with Crippen LogP contribution in [0.4, 0.5) is 4.79 Å². The zero-order valence-electron chi connectivity index (χ0n) is 12.0. The van der Waals surface area contributed by atoms with Gasteiger partial charge in [0.1, 0.15) is 13.1 Å². The molecular formula is C13H22N2O5. The van der Waals surface area contributed by atoms with E-state index >= 15 is 0 Å². The zero-order valence-corrected chi connectivity index (χ0v) is 12.0. The van der Waals surface area contributed by atoms with Gasteiger partial charge in [-0.1, -0.05) is 19.3 Å². The van der Waals surface area contributed by atoms with Crippen LogP contribution >= 0.6 is 0 Å². The van der Waals surface area contributed by atoms with Gasteiger partial charge in [0.15, 0.2) is 0 Å². The summed E-state index contributed by atoms with van der Waals surface area (Å²) in [5.41, 5.74) is 0. The summed E-state index contributed by atoms with van der Waals surface area (Å²) in [5, 5.41) is 2.85. The predicted octanol–water partition coefficient (Wildman–Crippen LogP) is 0.677. The van der Waals surface area contributed by atoms with Crippen LogP contribution in [0.1, 0.15) is 32.1 Å². The van der Waals surface area contributed by atoms with E-state index in [9.17, 15) is 14.4 Å². The van der Waals surface area contributed by atoms with Crippen molar-refractivity contribution in [3.05, 3.63) is 0 Å². The van der Waals surface area contributed by atoms with Crippen LogP contribution in [-0.4, -0.2) is 56.2 Å². The van der Waals surface area contributed by atoms with Crippen molar-refractivity contribution in [2.45, 2.75) is 38.1 Å². The second kappa shape index (κ2) is 8.39. The number of methoxy groups -OCH3 is 2. The van der Waals surface area contributed by atoms with Crippen LogP contribution in [-0.2, 0) is 19.1 Å². The average Bonchev–Trinajstić information content (AvgIpc) is 2.47. The van der Waals surface area contributed by atoms with Gasteiger partial charge in [0.05, 0.1) is 14.2 Å². The molecule has 0 aromatic rings. The highest BCUT2D eigenvalue weighted by Crippen LogP contribution is 2.17. The molecule has 0 aromatic heterocycles. The Morgan fingerprint density at radius 1 is 1.00 bits per heavy atom. The van der Waals surface area contributed by atoms with E-state index in [-0.39, 0.29) is 19.1 Å². The van der Waals surface area contributed by atoms with Crippen LogP contribution in [0, 0.1) is 0 Å². The highest BCUT2D eigenvalue weighted by atomic mass is 16.5. The van der Waals surface area contributed by atoms with E-state index in [4.69, 9.17) is 0 Å². The first-order valence-electron chi connectivity index (χ1n) is 6.76. The highest BCUT2D eigenvalue weighted by molar-refractivity contribution is 5.85. The summed E-state index contributed by atoms with van der Waals surface area (Å²) in [6.45, 7) is -0.547. The topological polar surface area (TPSA) is 84.9 Å². The molecule has 0 radical (unpaired) electrons. The number of amides is 2. The van der Waals surface area contributed by atoms with Crippen LogP contribution < -0.4 is 5.32 Å². The number of nitrogens with zero attached hydrogens (tertiary/aromatic N) is 1. The Bertz CT molecular complexity index is 335. The Morgan fingerprint density at radius 2 is 1.50 bits per heavy atom. The molecule has 7 heteroatoms. The Kier molecular flexibility index (Phi) is 6.83. The van der Waals surface area contributed by atoms with Crippen molar-refractivity contribution in [2.24, 2.45) is 0 Å². The van der Waals surface area contributed by atoms with Crippen molar-refractivity contribution in [3.63, 3.8) is 0 Å². The molecule has 0 aromatic carbocycles. The maximum absolute atomic E-state index is 12.1. The van der Waals surface area contributed by atoms with Gasteiger partial charge in [-0.15, -0.1) is 0 Å². The Balaban J connectivity index is 2.57. The number of urea groups is 1. The van der Waals surface area contributed by atoms with E-state index in [0.29, 0.717) is 0 Å². The quantitative estimate of drug-likeness (QED) is 0.751. The zero-order chi connectivity index (χ0) is 15.0. The summed E-state index contributed by atoms with van der Waals surface area (Å²) in [6, 6.07) is -0.332. The van der Waals surface area contributed by atoms with Crippen molar-refractivity contribution >= 4 is 18.0 Å². The summed E-state index contributed by atoms with van der Waals surface area (Å²) < 4.78 is 9.05. The first kappa shape index (κ1) is 16.3. The van der Waals surface area contributed by atoms with Crippen molar-refractivity contribution in [2.75, 3.05) is 27.3 Å². The predicted molar refractivity (Wildman–Crippen MR) is 71.0 cm³/mol. The van der Waals surface area contributed by atoms with Gasteiger partial charge in [-0.25, -0.2) is 4.79 Å². The van der Waals surface area contributed by atoms with Crippen LogP contribution in [0.2, 0.25) is 0 Å². The second-order valence-corrected chi connectivity index (χ2v) is 4.79. The molecule has 1 aliphatic rings. The standard InChI is InChI=1S/C13H22N2O5/c1-19-11(16)8-15(9-12(17)20-2)13(18)14-10-6-4-3-5-7-10/h10H,3-9H2,1-2H3,(H,14,18). The van der Waals surface area contributed by atoms with E-state index in [0.717, 1.165) is 30.6 Å². The molecule has 0 atom stereocenters. The minimum atomic E-state index is -0.576. The van der Waals surface area contributed by atoms with Gasteiger partial charge >= 0.3 is 18.0 Å². The maximum Gasteiger partial charge on any atom is 0.325 e. The molecule has 0 unspecified atom stereocenters. The van der Waals surface area contributed by atoms with E-state index in [1.807, 2.05) is 0 Å². The largest absolute Gasteiger partial charge is 0.468 e. The summed E-state index contributed by atoms with van der Waals surface area (Å²) in [6.07, 6.45) is 5.20. The minimum absolute atomic E-state index is 0.106. The molecular weight excluding hydrogens is 264 g/mol. The molecule has 1 N–H and O–H groups in total. The summed E-state index contributed by atoms with van der Waals surface area (Å²) in [5.74, 6) is -1.15.